The number of rotatable bonds is 3. The Labute approximate surface area is 122 Å². The van der Waals surface area contributed by atoms with Gasteiger partial charge in [0.25, 0.3) is 0 Å². The molecule has 0 aliphatic heterocycles. The molecule has 2 amide bonds. The fourth-order valence-electron chi connectivity index (χ4n) is 1.73. The highest BCUT2D eigenvalue weighted by Gasteiger charge is 2.22. The van der Waals surface area contributed by atoms with Crippen LogP contribution in [0, 0.1) is 0 Å². The summed E-state index contributed by atoms with van der Waals surface area (Å²) in [6.45, 7) is 3.82. The van der Waals surface area contributed by atoms with Gasteiger partial charge in [0.15, 0.2) is 5.82 Å². The largest absolute Gasteiger partial charge is 0.329 e. The molecule has 0 spiro atoms. The van der Waals surface area contributed by atoms with Crippen molar-refractivity contribution in [3.8, 4) is 0 Å². The molecular weight excluding hydrogens is 276 g/mol. The summed E-state index contributed by atoms with van der Waals surface area (Å²) in [6.07, 6.45) is 4.54. The monoisotopic (exact) mass is 290 g/mol. The third kappa shape index (κ3) is 3.68. The van der Waals surface area contributed by atoms with Crippen LogP contribution in [0.5, 0.6) is 0 Å². The number of hydrogen-bond acceptors (Lipinski definition) is 3. The molecule has 6 heteroatoms. The van der Waals surface area contributed by atoms with Crippen LogP contribution in [0.2, 0.25) is 5.02 Å². The van der Waals surface area contributed by atoms with E-state index in [1.165, 1.54) is 12.4 Å². The summed E-state index contributed by atoms with van der Waals surface area (Å²) in [7, 11) is 0. The van der Waals surface area contributed by atoms with Crippen molar-refractivity contribution in [2.75, 3.05) is 5.32 Å². The molecule has 1 aromatic carbocycles. The average Bonchev–Trinajstić information content (AvgIpc) is 2.39. The second-order valence-electron chi connectivity index (χ2n) is 4.80. The molecule has 104 valence electrons. The molecule has 0 atom stereocenters. The molecule has 1 heterocycles. The maximum Gasteiger partial charge on any atom is 0.321 e. The molecule has 2 aromatic rings. The average molecular weight is 291 g/mol. The van der Waals surface area contributed by atoms with Crippen molar-refractivity contribution in [3.63, 3.8) is 0 Å². The minimum absolute atomic E-state index is 0.342. The van der Waals surface area contributed by atoms with Gasteiger partial charge in [-0.05, 0) is 31.5 Å². The standard InChI is InChI=1S/C14H15ClN4O/c1-14(2,10-3-5-11(15)6-4-10)19-13(20)18-12-9-16-7-8-17-12/h3-9H,1-2H3,(H2,17,18,19,20). The van der Waals surface area contributed by atoms with Gasteiger partial charge in [-0.3, -0.25) is 10.3 Å². The molecule has 0 saturated carbocycles. The number of amides is 2. The van der Waals surface area contributed by atoms with Gasteiger partial charge in [-0.15, -0.1) is 0 Å². The molecule has 5 nitrogen and oxygen atoms in total. The van der Waals surface area contributed by atoms with E-state index in [1.54, 1.807) is 18.3 Å². The number of halogens is 1. The van der Waals surface area contributed by atoms with Crippen LogP contribution >= 0.6 is 11.6 Å². The Balaban J connectivity index is 2.04. The van der Waals surface area contributed by atoms with Crippen molar-refractivity contribution in [2.45, 2.75) is 19.4 Å². The Kier molecular flexibility index (Phi) is 4.20. The molecule has 0 aliphatic rings. The number of urea groups is 1. The molecule has 0 fully saturated rings. The number of carbonyl (C=O) groups is 1. The molecule has 2 N–H and O–H groups in total. The first kappa shape index (κ1) is 14.3. The van der Waals surface area contributed by atoms with E-state index in [0.29, 0.717) is 10.8 Å². The number of hydrogen-bond donors (Lipinski definition) is 2. The lowest BCUT2D eigenvalue weighted by atomic mass is 9.94. The zero-order valence-corrected chi connectivity index (χ0v) is 12.0. The molecule has 0 radical (unpaired) electrons. The van der Waals surface area contributed by atoms with E-state index in [2.05, 4.69) is 20.6 Å². The topological polar surface area (TPSA) is 66.9 Å². The fourth-order valence-corrected chi connectivity index (χ4v) is 1.86. The lowest BCUT2D eigenvalue weighted by molar-refractivity contribution is 0.242. The Morgan fingerprint density at radius 3 is 2.50 bits per heavy atom. The number of benzene rings is 1. The van der Waals surface area contributed by atoms with Crippen molar-refractivity contribution in [3.05, 3.63) is 53.4 Å². The summed E-state index contributed by atoms with van der Waals surface area (Å²) in [6, 6.07) is 7.00. The highest BCUT2D eigenvalue weighted by atomic mass is 35.5. The van der Waals surface area contributed by atoms with Crippen LogP contribution < -0.4 is 10.6 Å². The number of anilines is 1. The van der Waals surface area contributed by atoms with E-state index in [1.807, 2.05) is 26.0 Å². The highest BCUT2D eigenvalue weighted by Crippen LogP contribution is 2.22. The van der Waals surface area contributed by atoms with E-state index in [9.17, 15) is 4.79 Å². The van der Waals surface area contributed by atoms with Crippen LogP contribution in [-0.4, -0.2) is 16.0 Å². The summed E-state index contributed by atoms with van der Waals surface area (Å²) >= 11 is 5.86. The second-order valence-corrected chi connectivity index (χ2v) is 5.24. The van der Waals surface area contributed by atoms with Crippen molar-refractivity contribution >= 4 is 23.4 Å². The van der Waals surface area contributed by atoms with Crippen molar-refractivity contribution in [1.82, 2.24) is 15.3 Å². The molecule has 0 aliphatic carbocycles. The Morgan fingerprint density at radius 2 is 1.90 bits per heavy atom. The van der Waals surface area contributed by atoms with Gasteiger partial charge in [-0.2, -0.15) is 0 Å². The molecule has 0 bridgehead atoms. The summed E-state index contributed by atoms with van der Waals surface area (Å²) < 4.78 is 0. The minimum atomic E-state index is -0.531. The normalized spacial score (nSPS) is 10.9. The third-order valence-corrected chi connectivity index (χ3v) is 3.05. The fraction of sp³-hybridized carbons (Fsp3) is 0.214. The van der Waals surface area contributed by atoms with E-state index < -0.39 is 5.54 Å². The van der Waals surface area contributed by atoms with Gasteiger partial charge in [-0.1, -0.05) is 23.7 Å². The zero-order valence-electron chi connectivity index (χ0n) is 11.2. The first-order valence-corrected chi connectivity index (χ1v) is 6.46. The Hall–Kier alpha value is -2.14. The van der Waals surface area contributed by atoms with Crippen LogP contribution in [0.1, 0.15) is 19.4 Å². The van der Waals surface area contributed by atoms with E-state index in [4.69, 9.17) is 11.6 Å². The van der Waals surface area contributed by atoms with Crippen LogP contribution in [-0.2, 0) is 5.54 Å². The molecule has 0 unspecified atom stereocenters. The first-order valence-electron chi connectivity index (χ1n) is 6.08. The van der Waals surface area contributed by atoms with Gasteiger partial charge in [0.05, 0.1) is 11.7 Å². The predicted octanol–water partition coefficient (Wildman–Crippen LogP) is 3.19. The van der Waals surface area contributed by atoms with Crippen LogP contribution in [0.25, 0.3) is 0 Å². The third-order valence-electron chi connectivity index (χ3n) is 2.80. The first-order chi connectivity index (χ1) is 9.47. The van der Waals surface area contributed by atoms with Crippen molar-refractivity contribution < 1.29 is 4.79 Å². The quantitative estimate of drug-likeness (QED) is 0.912. The van der Waals surface area contributed by atoms with Gasteiger partial charge < -0.3 is 5.32 Å². The lowest BCUT2D eigenvalue weighted by Gasteiger charge is -2.27. The van der Waals surface area contributed by atoms with Crippen LogP contribution in [0.15, 0.2) is 42.9 Å². The maximum atomic E-state index is 12.0. The van der Waals surface area contributed by atoms with Crippen LogP contribution in [0.3, 0.4) is 0 Å². The van der Waals surface area contributed by atoms with Crippen molar-refractivity contribution in [1.29, 1.82) is 0 Å². The molecule has 0 saturated heterocycles. The smallest absolute Gasteiger partial charge is 0.321 e. The highest BCUT2D eigenvalue weighted by molar-refractivity contribution is 6.30. The van der Waals surface area contributed by atoms with Gasteiger partial charge in [0, 0.05) is 17.4 Å². The zero-order chi connectivity index (χ0) is 14.6. The Bertz CT molecular complexity index is 584. The van der Waals surface area contributed by atoms with Gasteiger partial charge in [0.1, 0.15) is 0 Å². The predicted molar refractivity (Wildman–Crippen MR) is 78.7 cm³/mol. The number of aromatic nitrogens is 2. The van der Waals surface area contributed by atoms with Gasteiger partial charge in [0.2, 0.25) is 0 Å². The number of carbonyl (C=O) groups excluding carboxylic acids is 1. The maximum absolute atomic E-state index is 12.0. The number of nitrogens with one attached hydrogen (secondary N) is 2. The Morgan fingerprint density at radius 1 is 1.20 bits per heavy atom. The van der Waals surface area contributed by atoms with E-state index >= 15 is 0 Å². The SMILES string of the molecule is CC(C)(NC(=O)Nc1cnccn1)c1ccc(Cl)cc1. The van der Waals surface area contributed by atoms with Gasteiger partial charge in [-0.25, -0.2) is 9.78 Å². The molecular formula is C14H15ClN4O. The van der Waals surface area contributed by atoms with Crippen LogP contribution in [0.4, 0.5) is 10.6 Å². The summed E-state index contributed by atoms with van der Waals surface area (Å²) in [5, 5.41) is 6.17. The lowest BCUT2D eigenvalue weighted by Crippen LogP contribution is -2.43. The second kappa shape index (κ2) is 5.88. The minimum Gasteiger partial charge on any atom is -0.329 e. The summed E-state index contributed by atoms with van der Waals surface area (Å²) in [5.74, 6) is 0.400. The molecule has 20 heavy (non-hydrogen) atoms. The summed E-state index contributed by atoms with van der Waals surface area (Å²) in [5.41, 5.74) is 0.424. The van der Waals surface area contributed by atoms with E-state index in [-0.39, 0.29) is 6.03 Å². The molecule has 2 rings (SSSR count). The summed E-state index contributed by atoms with van der Waals surface area (Å²) in [4.78, 5) is 19.8. The van der Waals surface area contributed by atoms with Crippen molar-refractivity contribution in [2.24, 2.45) is 0 Å². The van der Waals surface area contributed by atoms with E-state index in [0.717, 1.165) is 5.56 Å². The molecule has 1 aromatic heterocycles. The van der Waals surface area contributed by atoms with Gasteiger partial charge >= 0.3 is 6.03 Å². The number of nitrogens with zero attached hydrogens (tertiary/aromatic N) is 2.